The number of para-hydroxylation sites is 1. The van der Waals surface area contributed by atoms with Crippen molar-refractivity contribution in [2.45, 2.75) is 26.9 Å². The van der Waals surface area contributed by atoms with Gasteiger partial charge in [0.25, 0.3) is 0 Å². The summed E-state index contributed by atoms with van der Waals surface area (Å²) in [5.41, 5.74) is 5.25. The molecule has 8 nitrogen and oxygen atoms in total. The summed E-state index contributed by atoms with van der Waals surface area (Å²) in [6.07, 6.45) is 0. The van der Waals surface area contributed by atoms with Gasteiger partial charge in [0.15, 0.2) is 17.5 Å². The van der Waals surface area contributed by atoms with Crippen molar-refractivity contribution in [3.8, 4) is 22.9 Å². The SMILES string of the molecule is CN=C(NCc1cc(OC)c(OC)c(OC)c1)NCc1c(C)nn(-c2ccccc2)c1C. The van der Waals surface area contributed by atoms with Crippen molar-refractivity contribution in [2.24, 2.45) is 4.99 Å². The standard InChI is InChI=1S/C24H31N5O3/c1-16-20(17(2)29(28-16)19-10-8-7-9-11-19)15-27-24(25-3)26-14-18-12-21(30-4)23(32-6)22(13-18)31-5/h7-13H,14-15H2,1-6H3,(H2,25,26,27). The van der Waals surface area contributed by atoms with Crippen molar-refractivity contribution in [1.29, 1.82) is 0 Å². The maximum absolute atomic E-state index is 5.44. The number of aliphatic imine (C=N–C) groups is 1. The number of nitrogens with one attached hydrogen (secondary N) is 2. The van der Waals surface area contributed by atoms with Crippen LogP contribution in [-0.4, -0.2) is 44.1 Å². The van der Waals surface area contributed by atoms with E-state index >= 15 is 0 Å². The van der Waals surface area contributed by atoms with Crippen LogP contribution in [0.2, 0.25) is 0 Å². The lowest BCUT2D eigenvalue weighted by Crippen LogP contribution is -2.36. The zero-order chi connectivity index (χ0) is 23.1. The molecule has 0 saturated heterocycles. The number of benzene rings is 2. The number of hydrogen-bond donors (Lipinski definition) is 2. The normalized spacial score (nSPS) is 11.2. The third-order valence-corrected chi connectivity index (χ3v) is 5.28. The van der Waals surface area contributed by atoms with Crippen LogP contribution < -0.4 is 24.8 Å². The van der Waals surface area contributed by atoms with Gasteiger partial charge in [-0.3, -0.25) is 4.99 Å². The van der Waals surface area contributed by atoms with E-state index in [1.54, 1.807) is 28.4 Å². The molecule has 0 fully saturated rings. The number of hydrogen-bond acceptors (Lipinski definition) is 5. The number of rotatable bonds is 8. The summed E-state index contributed by atoms with van der Waals surface area (Å²) >= 11 is 0. The van der Waals surface area contributed by atoms with Gasteiger partial charge in [-0.2, -0.15) is 5.10 Å². The third-order valence-electron chi connectivity index (χ3n) is 5.28. The number of ether oxygens (including phenoxy) is 3. The molecule has 0 bridgehead atoms. The molecule has 1 heterocycles. The van der Waals surface area contributed by atoms with Crippen LogP contribution in [0, 0.1) is 13.8 Å². The summed E-state index contributed by atoms with van der Waals surface area (Å²) in [6.45, 7) is 5.25. The van der Waals surface area contributed by atoms with Gasteiger partial charge in [0.1, 0.15) is 0 Å². The fourth-order valence-electron chi connectivity index (χ4n) is 3.57. The minimum absolute atomic E-state index is 0.539. The summed E-state index contributed by atoms with van der Waals surface area (Å²) in [7, 11) is 6.55. The number of aromatic nitrogens is 2. The highest BCUT2D eigenvalue weighted by atomic mass is 16.5. The van der Waals surface area contributed by atoms with E-state index in [9.17, 15) is 0 Å². The van der Waals surface area contributed by atoms with Crippen LogP contribution in [-0.2, 0) is 13.1 Å². The van der Waals surface area contributed by atoms with Crippen LogP contribution in [0.1, 0.15) is 22.5 Å². The van der Waals surface area contributed by atoms with Gasteiger partial charge in [-0.05, 0) is 43.7 Å². The predicted molar refractivity (Wildman–Crippen MR) is 126 cm³/mol. The summed E-state index contributed by atoms with van der Waals surface area (Å²) in [4.78, 5) is 4.34. The Bertz CT molecular complexity index is 1050. The molecule has 2 N–H and O–H groups in total. The van der Waals surface area contributed by atoms with E-state index in [1.165, 1.54) is 0 Å². The highest BCUT2D eigenvalue weighted by Crippen LogP contribution is 2.38. The largest absolute Gasteiger partial charge is 0.493 e. The molecule has 8 heteroatoms. The maximum Gasteiger partial charge on any atom is 0.203 e. The van der Waals surface area contributed by atoms with Crippen molar-refractivity contribution >= 4 is 5.96 Å². The molecule has 0 aliphatic heterocycles. The zero-order valence-electron chi connectivity index (χ0n) is 19.5. The van der Waals surface area contributed by atoms with Crippen molar-refractivity contribution < 1.29 is 14.2 Å². The smallest absolute Gasteiger partial charge is 0.203 e. The summed E-state index contributed by atoms with van der Waals surface area (Å²) in [5, 5.41) is 11.4. The van der Waals surface area contributed by atoms with E-state index < -0.39 is 0 Å². The Balaban J connectivity index is 1.69. The number of guanidine groups is 1. The molecule has 32 heavy (non-hydrogen) atoms. The molecule has 0 aliphatic carbocycles. The highest BCUT2D eigenvalue weighted by Gasteiger charge is 2.15. The number of nitrogens with zero attached hydrogens (tertiary/aromatic N) is 3. The van der Waals surface area contributed by atoms with E-state index in [-0.39, 0.29) is 0 Å². The topological polar surface area (TPSA) is 81.9 Å². The Morgan fingerprint density at radius 1 is 0.938 bits per heavy atom. The van der Waals surface area contributed by atoms with Crippen LogP contribution in [0.25, 0.3) is 5.69 Å². The second-order valence-electron chi connectivity index (χ2n) is 7.21. The summed E-state index contributed by atoms with van der Waals surface area (Å²) in [5.74, 6) is 2.49. The lowest BCUT2D eigenvalue weighted by atomic mass is 10.1. The molecule has 0 unspecified atom stereocenters. The molecule has 0 amide bonds. The maximum atomic E-state index is 5.44. The fourth-order valence-corrected chi connectivity index (χ4v) is 3.57. The first-order valence-electron chi connectivity index (χ1n) is 10.4. The van der Waals surface area contributed by atoms with Crippen LogP contribution in [0.5, 0.6) is 17.2 Å². The van der Waals surface area contributed by atoms with Gasteiger partial charge >= 0.3 is 0 Å². The third kappa shape index (κ3) is 4.96. The lowest BCUT2D eigenvalue weighted by Gasteiger charge is -2.16. The molecule has 3 aromatic rings. The Kier molecular flexibility index (Phi) is 7.59. The van der Waals surface area contributed by atoms with Gasteiger partial charge in [-0.1, -0.05) is 18.2 Å². The number of aryl methyl sites for hydroxylation is 1. The predicted octanol–water partition coefficient (Wildman–Crippen LogP) is 3.38. The molecule has 2 aromatic carbocycles. The summed E-state index contributed by atoms with van der Waals surface area (Å²) in [6, 6.07) is 14.0. The summed E-state index contributed by atoms with van der Waals surface area (Å²) < 4.78 is 18.2. The molecular weight excluding hydrogens is 406 g/mol. The van der Waals surface area contributed by atoms with Crippen molar-refractivity contribution in [1.82, 2.24) is 20.4 Å². The monoisotopic (exact) mass is 437 g/mol. The minimum atomic E-state index is 0.539. The zero-order valence-corrected chi connectivity index (χ0v) is 19.5. The van der Waals surface area contributed by atoms with E-state index in [4.69, 9.17) is 19.3 Å². The lowest BCUT2D eigenvalue weighted by molar-refractivity contribution is 0.323. The van der Waals surface area contributed by atoms with E-state index in [1.807, 2.05) is 41.9 Å². The molecule has 0 spiro atoms. The van der Waals surface area contributed by atoms with Gasteiger partial charge < -0.3 is 24.8 Å². The second kappa shape index (κ2) is 10.6. The first-order valence-corrected chi connectivity index (χ1v) is 10.4. The van der Waals surface area contributed by atoms with Gasteiger partial charge in [-0.25, -0.2) is 4.68 Å². The van der Waals surface area contributed by atoms with Gasteiger partial charge in [0, 0.05) is 31.4 Å². The molecule has 1 aromatic heterocycles. The van der Waals surface area contributed by atoms with Crippen LogP contribution in [0.15, 0.2) is 47.5 Å². The Morgan fingerprint density at radius 2 is 1.56 bits per heavy atom. The van der Waals surface area contributed by atoms with E-state index in [2.05, 4.69) is 34.7 Å². The molecule has 0 atom stereocenters. The molecule has 170 valence electrons. The number of methoxy groups -OCH3 is 3. The molecule has 0 aliphatic rings. The second-order valence-corrected chi connectivity index (χ2v) is 7.21. The molecule has 0 saturated carbocycles. The molecule has 0 radical (unpaired) electrons. The Labute approximate surface area is 189 Å². The van der Waals surface area contributed by atoms with Gasteiger partial charge in [0.2, 0.25) is 5.75 Å². The fraction of sp³-hybridized carbons (Fsp3) is 0.333. The highest BCUT2D eigenvalue weighted by molar-refractivity contribution is 5.79. The molecule has 3 rings (SSSR count). The van der Waals surface area contributed by atoms with Gasteiger partial charge in [0.05, 0.1) is 32.7 Å². The average Bonchev–Trinajstić information content (AvgIpc) is 3.12. The van der Waals surface area contributed by atoms with Gasteiger partial charge in [-0.15, -0.1) is 0 Å². The average molecular weight is 438 g/mol. The van der Waals surface area contributed by atoms with Crippen molar-refractivity contribution in [2.75, 3.05) is 28.4 Å². The van der Waals surface area contributed by atoms with E-state index in [0.717, 1.165) is 28.2 Å². The van der Waals surface area contributed by atoms with Crippen LogP contribution in [0.3, 0.4) is 0 Å². The van der Waals surface area contributed by atoms with Crippen LogP contribution >= 0.6 is 0 Å². The van der Waals surface area contributed by atoms with Crippen molar-refractivity contribution in [3.05, 3.63) is 65.0 Å². The van der Waals surface area contributed by atoms with Crippen molar-refractivity contribution in [3.63, 3.8) is 0 Å². The van der Waals surface area contributed by atoms with E-state index in [0.29, 0.717) is 36.3 Å². The molecular formula is C24H31N5O3. The first-order chi connectivity index (χ1) is 15.5. The Morgan fingerprint density at radius 3 is 2.12 bits per heavy atom. The Hall–Kier alpha value is -3.68. The minimum Gasteiger partial charge on any atom is -0.493 e. The quantitative estimate of drug-likeness (QED) is 0.415. The van der Waals surface area contributed by atoms with Crippen LogP contribution in [0.4, 0.5) is 0 Å². The first kappa shape index (κ1) is 23.0.